The molecule has 0 saturated heterocycles. The van der Waals surface area contributed by atoms with Crippen LogP contribution in [0.2, 0.25) is 0 Å². The van der Waals surface area contributed by atoms with Gasteiger partial charge in [0, 0.05) is 26.8 Å². The lowest BCUT2D eigenvalue weighted by Crippen LogP contribution is -2.25. The maximum Gasteiger partial charge on any atom is 0.244 e. The summed E-state index contributed by atoms with van der Waals surface area (Å²) in [6, 6.07) is 11.8. The van der Waals surface area contributed by atoms with Crippen molar-refractivity contribution in [3.63, 3.8) is 0 Å². The zero-order valence-corrected chi connectivity index (χ0v) is 18.6. The average molecular weight is 408 g/mol. The van der Waals surface area contributed by atoms with Gasteiger partial charge in [-0.05, 0) is 35.7 Å². The largest absolute Gasteiger partial charge is 0.324 e. The minimum Gasteiger partial charge on any atom is -0.324 e. The van der Waals surface area contributed by atoms with E-state index in [1.165, 1.54) is 29.5 Å². The van der Waals surface area contributed by atoms with E-state index in [-0.39, 0.29) is 10.3 Å². The third kappa shape index (κ3) is 5.48. The molecular formula is C20H29N3O2S2. The monoisotopic (exact) mass is 407 g/mol. The van der Waals surface area contributed by atoms with Gasteiger partial charge in [0.05, 0.1) is 11.6 Å². The van der Waals surface area contributed by atoms with Crippen molar-refractivity contribution in [1.29, 1.82) is 0 Å². The van der Waals surface area contributed by atoms with Crippen LogP contribution in [0, 0.1) is 4.64 Å². The normalized spacial score (nSPS) is 12.7. The Morgan fingerprint density at radius 3 is 2.11 bits per heavy atom. The summed E-state index contributed by atoms with van der Waals surface area (Å²) in [5, 5.41) is 0. The molecule has 0 radical (unpaired) electrons. The first-order chi connectivity index (χ1) is 12.4. The molecule has 2 rings (SSSR count). The molecule has 0 N–H and O–H groups in total. The lowest BCUT2D eigenvalue weighted by Gasteiger charge is -2.22. The molecule has 1 aromatic heterocycles. The molecule has 0 bridgehead atoms. The van der Waals surface area contributed by atoms with Crippen molar-refractivity contribution in [3.8, 4) is 0 Å². The van der Waals surface area contributed by atoms with Crippen molar-refractivity contribution in [2.75, 3.05) is 21.1 Å². The highest BCUT2D eigenvalue weighted by Crippen LogP contribution is 2.22. The Kier molecular flexibility index (Phi) is 6.63. The maximum absolute atomic E-state index is 12.4. The molecule has 27 heavy (non-hydrogen) atoms. The highest BCUT2D eigenvalue weighted by Gasteiger charge is 2.18. The summed E-state index contributed by atoms with van der Waals surface area (Å²) in [5.41, 5.74) is 2.64. The van der Waals surface area contributed by atoms with Crippen molar-refractivity contribution >= 4 is 22.2 Å². The van der Waals surface area contributed by atoms with Gasteiger partial charge in [0.25, 0.3) is 0 Å². The van der Waals surface area contributed by atoms with Crippen LogP contribution in [0.25, 0.3) is 0 Å². The predicted octanol–water partition coefficient (Wildman–Crippen LogP) is 3.85. The Morgan fingerprint density at radius 2 is 1.59 bits per heavy atom. The van der Waals surface area contributed by atoms with E-state index in [4.69, 9.17) is 12.2 Å². The van der Waals surface area contributed by atoms with Crippen LogP contribution < -0.4 is 0 Å². The maximum atomic E-state index is 12.4. The molecule has 0 spiro atoms. The van der Waals surface area contributed by atoms with Gasteiger partial charge in [0.15, 0.2) is 0 Å². The summed E-state index contributed by atoms with van der Waals surface area (Å²) in [5.74, 6) is 0. The van der Waals surface area contributed by atoms with Crippen molar-refractivity contribution in [3.05, 3.63) is 58.4 Å². The molecule has 0 unspecified atom stereocenters. The van der Waals surface area contributed by atoms with Crippen molar-refractivity contribution in [2.45, 2.75) is 44.3 Å². The van der Waals surface area contributed by atoms with Crippen LogP contribution >= 0.6 is 12.2 Å². The Balaban J connectivity index is 2.16. The summed E-state index contributed by atoms with van der Waals surface area (Å²) in [6.07, 6.45) is 1.61. The number of benzene rings is 1. The van der Waals surface area contributed by atoms with Crippen LogP contribution in [0.4, 0.5) is 0 Å². The highest BCUT2D eigenvalue weighted by atomic mass is 32.2. The molecule has 148 valence electrons. The highest BCUT2D eigenvalue weighted by molar-refractivity contribution is 7.89. The van der Waals surface area contributed by atoms with Gasteiger partial charge >= 0.3 is 0 Å². The van der Waals surface area contributed by atoms with Crippen LogP contribution in [0.3, 0.4) is 0 Å². The minimum absolute atomic E-state index is 0.135. The van der Waals surface area contributed by atoms with Crippen molar-refractivity contribution in [1.82, 2.24) is 13.8 Å². The third-order valence-electron chi connectivity index (χ3n) is 4.40. The fraction of sp³-hybridized carbons (Fsp3) is 0.450. The molecule has 0 aliphatic heterocycles. The van der Waals surface area contributed by atoms with E-state index < -0.39 is 10.0 Å². The van der Waals surface area contributed by atoms with Crippen LogP contribution in [-0.4, -0.2) is 43.3 Å². The van der Waals surface area contributed by atoms with Gasteiger partial charge < -0.3 is 4.57 Å². The lowest BCUT2D eigenvalue weighted by molar-refractivity contribution is 0.257. The molecule has 0 aliphatic rings. The summed E-state index contributed by atoms with van der Waals surface area (Å²) in [4.78, 5) is 2.34. The fourth-order valence-corrected chi connectivity index (χ4v) is 3.82. The molecule has 2 aromatic rings. The van der Waals surface area contributed by atoms with Gasteiger partial charge in [-0.25, -0.2) is 12.7 Å². The van der Waals surface area contributed by atoms with Crippen LogP contribution in [0.5, 0.6) is 0 Å². The predicted molar refractivity (Wildman–Crippen MR) is 113 cm³/mol. The summed E-state index contributed by atoms with van der Waals surface area (Å²) < 4.78 is 28.3. The van der Waals surface area contributed by atoms with E-state index in [9.17, 15) is 8.42 Å². The molecule has 0 aliphatic carbocycles. The van der Waals surface area contributed by atoms with E-state index in [2.05, 4.69) is 49.9 Å². The van der Waals surface area contributed by atoms with Gasteiger partial charge in [0.2, 0.25) is 10.0 Å². The Hall–Kier alpha value is -1.54. The number of rotatable bonds is 6. The van der Waals surface area contributed by atoms with E-state index in [0.717, 1.165) is 6.54 Å². The Morgan fingerprint density at radius 1 is 1.00 bits per heavy atom. The Bertz CT molecular complexity index is 940. The smallest absolute Gasteiger partial charge is 0.244 e. The quantitative estimate of drug-likeness (QED) is 0.682. The standard InChI is InChI=1S/C20H29N3O2S2/c1-20(2,3)17-9-7-16(8-10-17)13-22(6)15-23-14-18(11-12-19(23)26)27(24,25)21(4)5/h7-12,14H,13,15H2,1-6H3. The molecule has 0 atom stereocenters. The van der Waals surface area contributed by atoms with Gasteiger partial charge in [-0.15, -0.1) is 0 Å². The zero-order valence-electron chi connectivity index (χ0n) is 16.9. The van der Waals surface area contributed by atoms with Crippen LogP contribution in [0.15, 0.2) is 47.5 Å². The number of sulfonamides is 1. The molecular weight excluding hydrogens is 378 g/mol. The first-order valence-electron chi connectivity index (χ1n) is 8.82. The minimum atomic E-state index is -3.48. The SMILES string of the molecule is CN(Cc1ccc(C(C)(C)C)cc1)Cn1cc(S(=O)(=O)N(C)C)ccc1=S. The number of pyridine rings is 1. The summed E-state index contributed by atoms with van der Waals surface area (Å²) >= 11 is 5.37. The van der Waals surface area contributed by atoms with Crippen molar-refractivity contribution in [2.24, 2.45) is 0 Å². The van der Waals surface area contributed by atoms with E-state index in [0.29, 0.717) is 11.3 Å². The second-order valence-electron chi connectivity index (χ2n) is 8.06. The molecule has 0 saturated carbocycles. The molecule has 5 nitrogen and oxygen atoms in total. The first-order valence-corrected chi connectivity index (χ1v) is 10.7. The zero-order chi connectivity index (χ0) is 20.4. The van der Waals surface area contributed by atoms with Crippen molar-refractivity contribution < 1.29 is 8.42 Å². The second-order valence-corrected chi connectivity index (χ2v) is 10.6. The second kappa shape index (κ2) is 8.22. The van der Waals surface area contributed by atoms with E-state index in [1.54, 1.807) is 22.9 Å². The van der Waals surface area contributed by atoms with Crippen LogP contribution in [-0.2, 0) is 28.7 Å². The van der Waals surface area contributed by atoms with Gasteiger partial charge in [-0.1, -0.05) is 57.3 Å². The fourth-order valence-electron chi connectivity index (χ4n) is 2.72. The number of nitrogens with zero attached hydrogens (tertiary/aromatic N) is 3. The number of aromatic nitrogens is 1. The van der Waals surface area contributed by atoms with Crippen LogP contribution in [0.1, 0.15) is 31.9 Å². The summed E-state index contributed by atoms with van der Waals surface area (Å²) in [7, 11) is 1.56. The van der Waals surface area contributed by atoms with Gasteiger partial charge in [0.1, 0.15) is 4.64 Å². The summed E-state index contributed by atoms with van der Waals surface area (Å²) in [6.45, 7) is 7.85. The first kappa shape index (κ1) is 21.8. The van der Waals surface area contributed by atoms with E-state index in [1.807, 2.05) is 7.05 Å². The molecule has 0 amide bonds. The topological polar surface area (TPSA) is 45.6 Å². The van der Waals surface area contributed by atoms with Gasteiger partial charge in [-0.2, -0.15) is 0 Å². The molecule has 7 heteroatoms. The molecule has 1 aromatic carbocycles. The molecule has 0 fully saturated rings. The third-order valence-corrected chi connectivity index (χ3v) is 6.57. The van der Waals surface area contributed by atoms with Gasteiger partial charge in [-0.3, -0.25) is 4.90 Å². The number of hydrogen-bond acceptors (Lipinski definition) is 4. The lowest BCUT2D eigenvalue weighted by atomic mass is 9.87. The average Bonchev–Trinajstić information content (AvgIpc) is 2.56. The number of hydrogen-bond donors (Lipinski definition) is 0. The Labute approximate surface area is 168 Å². The molecule has 1 heterocycles. The van der Waals surface area contributed by atoms with E-state index >= 15 is 0 Å².